The molecule has 1 aliphatic rings. The molecular weight excluding hydrogens is 327 g/mol. The Bertz CT molecular complexity index is 482. The van der Waals surface area contributed by atoms with Gasteiger partial charge in [-0.1, -0.05) is 0 Å². The zero-order chi connectivity index (χ0) is 18.3. The van der Waals surface area contributed by atoms with Gasteiger partial charge in [-0.25, -0.2) is 4.99 Å². The van der Waals surface area contributed by atoms with E-state index in [2.05, 4.69) is 15.6 Å². The molecular formula is C14H24F3N5O2. The third kappa shape index (κ3) is 7.05. The summed E-state index contributed by atoms with van der Waals surface area (Å²) in [5, 5.41) is 6.04. The molecule has 2 N–H and O–H groups in total. The van der Waals surface area contributed by atoms with Gasteiger partial charge in [0.05, 0.1) is 0 Å². The molecule has 0 aromatic rings. The fraction of sp³-hybridized carbons (Fsp3) is 0.786. The Morgan fingerprint density at radius 2 is 2.12 bits per heavy atom. The van der Waals surface area contributed by atoms with Crippen LogP contribution in [0.15, 0.2) is 4.99 Å². The van der Waals surface area contributed by atoms with Crippen LogP contribution in [-0.4, -0.2) is 80.1 Å². The molecule has 1 atom stereocenters. The summed E-state index contributed by atoms with van der Waals surface area (Å²) in [5.74, 6) is -0.307. The first-order chi connectivity index (χ1) is 11.1. The molecule has 1 fully saturated rings. The van der Waals surface area contributed by atoms with Crippen molar-refractivity contribution in [1.82, 2.24) is 20.4 Å². The molecule has 1 unspecified atom stereocenters. The van der Waals surface area contributed by atoms with Gasteiger partial charge in [-0.15, -0.1) is 0 Å². The third-order valence-corrected chi connectivity index (χ3v) is 3.53. The van der Waals surface area contributed by atoms with E-state index in [1.165, 1.54) is 0 Å². The lowest BCUT2D eigenvalue weighted by Crippen LogP contribution is -2.52. The highest BCUT2D eigenvalue weighted by atomic mass is 19.4. The number of halogens is 3. The minimum atomic E-state index is -4.43. The van der Waals surface area contributed by atoms with E-state index in [-0.39, 0.29) is 18.5 Å². The average Bonchev–Trinajstić information content (AvgIpc) is 2.46. The number of amides is 2. The van der Waals surface area contributed by atoms with E-state index in [1.54, 1.807) is 11.9 Å². The second-order valence-electron chi connectivity index (χ2n) is 5.71. The number of alkyl halides is 3. The normalized spacial score (nSPS) is 19.2. The van der Waals surface area contributed by atoms with Crippen molar-refractivity contribution in [3.05, 3.63) is 0 Å². The Morgan fingerprint density at radius 1 is 1.46 bits per heavy atom. The Labute approximate surface area is 139 Å². The zero-order valence-electron chi connectivity index (χ0n) is 14.1. The standard InChI is InChI=1S/C14H24F3N5O2/c1-4-18-13(20-10-5-6-11(23)21(2)8-10)19-7-12(24)22(3)9-14(15,16)17/h10H,4-9H2,1-3H3,(H2,18,19,20). The molecule has 138 valence electrons. The van der Waals surface area contributed by atoms with Crippen molar-refractivity contribution in [2.45, 2.75) is 32.0 Å². The Hall–Kier alpha value is -2.00. The SMILES string of the molecule is CCNC(=NCC(=O)N(C)CC(F)(F)F)NC1CCC(=O)N(C)C1. The van der Waals surface area contributed by atoms with Gasteiger partial charge in [-0.3, -0.25) is 9.59 Å². The van der Waals surface area contributed by atoms with Crippen LogP contribution in [0.1, 0.15) is 19.8 Å². The van der Waals surface area contributed by atoms with Crippen LogP contribution in [0.5, 0.6) is 0 Å². The van der Waals surface area contributed by atoms with E-state index in [4.69, 9.17) is 0 Å². The summed E-state index contributed by atoms with van der Waals surface area (Å²) in [5.41, 5.74) is 0. The summed E-state index contributed by atoms with van der Waals surface area (Å²) in [6.45, 7) is 1.20. The first-order valence-electron chi connectivity index (χ1n) is 7.72. The number of carbonyl (C=O) groups is 2. The lowest BCUT2D eigenvalue weighted by atomic mass is 10.1. The molecule has 0 spiro atoms. The predicted octanol–water partition coefficient (Wildman–Crippen LogP) is 0.183. The monoisotopic (exact) mass is 351 g/mol. The van der Waals surface area contributed by atoms with Crippen molar-refractivity contribution in [1.29, 1.82) is 0 Å². The van der Waals surface area contributed by atoms with Crippen LogP contribution in [0.3, 0.4) is 0 Å². The van der Waals surface area contributed by atoms with Gasteiger partial charge in [0.2, 0.25) is 11.8 Å². The van der Waals surface area contributed by atoms with E-state index in [9.17, 15) is 22.8 Å². The lowest BCUT2D eigenvalue weighted by molar-refractivity contribution is -0.157. The quantitative estimate of drug-likeness (QED) is 0.547. The van der Waals surface area contributed by atoms with E-state index < -0.39 is 18.6 Å². The van der Waals surface area contributed by atoms with Gasteiger partial charge in [-0.05, 0) is 13.3 Å². The predicted molar refractivity (Wildman–Crippen MR) is 83.5 cm³/mol. The van der Waals surface area contributed by atoms with Crippen molar-refractivity contribution in [2.24, 2.45) is 4.99 Å². The van der Waals surface area contributed by atoms with E-state index >= 15 is 0 Å². The van der Waals surface area contributed by atoms with E-state index in [1.807, 2.05) is 6.92 Å². The van der Waals surface area contributed by atoms with Crippen LogP contribution in [0.4, 0.5) is 13.2 Å². The summed E-state index contributed by atoms with van der Waals surface area (Å²) >= 11 is 0. The first-order valence-corrected chi connectivity index (χ1v) is 7.72. The number of likely N-dealkylation sites (tertiary alicyclic amines) is 1. The van der Waals surface area contributed by atoms with Crippen LogP contribution in [0, 0.1) is 0 Å². The van der Waals surface area contributed by atoms with Gasteiger partial charge < -0.3 is 20.4 Å². The number of nitrogens with one attached hydrogen (secondary N) is 2. The molecule has 7 nitrogen and oxygen atoms in total. The van der Waals surface area contributed by atoms with Gasteiger partial charge in [0.25, 0.3) is 0 Å². The van der Waals surface area contributed by atoms with Crippen LogP contribution in [-0.2, 0) is 9.59 Å². The Kier molecular flexibility index (Phi) is 7.30. The number of nitrogens with zero attached hydrogens (tertiary/aromatic N) is 3. The number of hydrogen-bond donors (Lipinski definition) is 2. The van der Waals surface area contributed by atoms with Crippen LogP contribution in [0.2, 0.25) is 0 Å². The van der Waals surface area contributed by atoms with Crippen molar-refractivity contribution in [3.8, 4) is 0 Å². The maximum absolute atomic E-state index is 12.3. The van der Waals surface area contributed by atoms with Gasteiger partial charge in [0.15, 0.2) is 5.96 Å². The number of rotatable bonds is 5. The van der Waals surface area contributed by atoms with Crippen molar-refractivity contribution in [3.63, 3.8) is 0 Å². The van der Waals surface area contributed by atoms with Gasteiger partial charge in [-0.2, -0.15) is 13.2 Å². The van der Waals surface area contributed by atoms with Crippen molar-refractivity contribution in [2.75, 3.05) is 40.3 Å². The van der Waals surface area contributed by atoms with Gasteiger partial charge in [0.1, 0.15) is 13.1 Å². The molecule has 1 saturated heterocycles. The molecule has 0 aromatic heterocycles. The summed E-state index contributed by atoms with van der Waals surface area (Å²) in [6.07, 6.45) is -3.38. The Balaban J connectivity index is 2.59. The molecule has 0 aromatic carbocycles. The minimum Gasteiger partial charge on any atom is -0.357 e. The fourth-order valence-electron chi connectivity index (χ4n) is 2.27. The summed E-state index contributed by atoms with van der Waals surface area (Å²) in [7, 11) is 2.79. The summed E-state index contributed by atoms with van der Waals surface area (Å²) in [6, 6.07) is -0.0199. The third-order valence-electron chi connectivity index (χ3n) is 3.53. The Morgan fingerprint density at radius 3 is 2.67 bits per heavy atom. The minimum absolute atomic E-state index is 0.0199. The van der Waals surface area contributed by atoms with E-state index in [0.29, 0.717) is 36.8 Å². The molecule has 0 saturated carbocycles. The average molecular weight is 351 g/mol. The number of likely N-dealkylation sites (N-methyl/N-ethyl adjacent to an activating group) is 2. The number of piperidine rings is 1. The molecule has 0 aliphatic carbocycles. The van der Waals surface area contributed by atoms with Crippen LogP contribution < -0.4 is 10.6 Å². The van der Waals surface area contributed by atoms with Crippen molar-refractivity contribution < 1.29 is 22.8 Å². The molecule has 2 amide bonds. The highest BCUT2D eigenvalue weighted by Crippen LogP contribution is 2.15. The maximum Gasteiger partial charge on any atom is 0.406 e. The van der Waals surface area contributed by atoms with Gasteiger partial charge >= 0.3 is 6.18 Å². The number of carbonyl (C=O) groups excluding carboxylic acids is 2. The smallest absolute Gasteiger partial charge is 0.357 e. The second-order valence-corrected chi connectivity index (χ2v) is 5.71. The van der Waals surface area contributed by atoms with Crippen LogP contribution in [0.25, 0.3) is 0 Å². The van der Waals surface area contributed by atoms with E-state index in [0.717, 1.165) is 7.05 Å². The number of hydrogen-bond acceptors (Lipinski definition) is 3. The molecule has 0 radical (unpaired) electrons. The maximum atomic E-state index is 12.3. The highest BCUT2D eigenvalue weighted by Gasteiger charge is 2.31. The number of guanidine groups is 1. The molecule has 1 aliphatic heterocycles. The molecule has 0 bridgehead atoms. The highest BCUT2D eigenvalue weighted by molar-refractivity contribution is 5.85. The molecule has 1 rings (SSSR count). The second kappa shape index (κ2) is 8.74. The number of aliphatic imine (C=N–C) groups is 1. The zero-order valence-corrected chi connectivity index (χ0v) is 14.1. The topological polar surface area (TPSA) is 77.0 Å². The molecule has 10 heteroatoms. The molecule has 24 heavy (non-hydrogen) atoms. The van der Waals surface area contributed by atoms with Crippen molar-refractivity contribution >= 4 is 17.8 Å². The molecule has 1 heterocycles. The summed E-state index contributed by atoms with van der Waals surface area (Å²) in [4.78, 5) is 29.4. The van der Waals surface area contributed by atoms with Gasteiger partial charge in [0, 0.05) is 39.6 Å². The first kappa shape index (κ1) is 20.0. The summed E-state index contributed by atoms with van der Waals surface area (Å²) < 4.78 is 36.8. The largest absolute Gasteiger partial charge is 0.406 e. The lowest BCUT2D eigenvalue weighted by Gasteiger charge is -2.31. The fourth-order valence-corrected chi connectivity index (χ4v) is 2.27. The van der Waals surface area contributed by atoms with Crippen LogP contribution >= 0.6 is 0 Å².